The van der Waals surface area contributed by atoms with Crippen molar-refractivity contribution in [1.82, 2.24) is 0 Å². The van der Waals surface area contributed by atoms with Crippen molar-refractivity contribution in [1.29, 1.82) is 0 Å². The van der Waals surface area contributed by atoms with E-state index in [2.05, 4.69) is 12.2 Å². The lowest BCUT2D eigenvalue weighted by atomic mass is 10.2. The molecule has 0 fully saturated rings. The number of aliphatic hydroxyl groups excluding tert-OH is 1. The zero-order valence-corrected chi connectivity index (χ0v) is 12.5. The van der Waals surface area contributed by atoms with Crippen LogP contribution < -0.4 is 11.1 Å². The monoisotopic (exact) mass is 302 g/mol. The fourth-order valence-corrected chi connectivity index (χ4v) is 1.46. The van der Waals surface area contributed by atoms with Crippen molar-refractivity contribution >= 4 is 24.1 Å². The second-order valence-electron chi connectivity index (χ2n) is 4.35. The molecule has 0 bridgehead atoms. The predicted octanol–water partition coefficient (Wildman–Crippen LogP) is 1.80. The van der Waals surface area contributed by atoms with Gasteiger partial charge in [-0.15, -0.1) is 12.4 Å². The van der Waals surface area contributed by atoms with E-state index in [1.807, 2.05) is 12.1 Å². The molecule has 0 heterocycles. The Morgan fingerprint density at radius 2 is 2.05 bits per heavy atom. The van der Waals surface area contributed by atoms with Crippen LogP contribution >= 0.6 is 12.4 Å². The second-order valence-corrected chi connectivity index (χ2v) is 4.35. The number of esters is 1. The maximum atomic E-state index is 11.6. The Kier molecular flexibility index (Phi) is 9.80. The molecule has 1 unspecified atom stereocenters. The Morgan fingerprint density at radius 1 is 1.40 bits per heavy atom. The molecule has 0 amide bonds. The third-order valence-electron chi connectivity index (χ3n) is 2.66. The number of nitrogens with one attached hydrogen (secondary N) is 1. The van der Waals surface area contributed by atoms with E-state index in [0.717, 1.165) is 25.1 Å². The summed E-state index contributed by atoms with van der Waals surface area (Å²) in [6.45, 7) is 3.05. The van der Waals surface area contributed by atoms with Gasteiger partial charge < -0.3 is 20.9 Å². The summed E-state index contributed by atoms with van der Waals surface area (Å²) < 4.78 is 4.93. The minimum Gasteiger partial charge on any atom is -0.459 e. The van der Waals surface area contributed by atoms with Gasteiger partial charge in [0.15, 0.2) is 0 Å². The predicted molar refractivity (Wildman–Crippen MR) is 82.4 cm³/mol. The lowest BCUT2D eigenvalue weighted by molar-refractivity contribution is 0.0277. The van der Waals surface area contributed by atoms with Crippen LogP contribution in [0.25, 0.3) is 0 Å². The van der Waals surface area contributed by atoms with Crippen LogP contribution in [0, 0.1) is 0 Å². The average molecular weight is 303 g/mol. The van der Waals surface area contributed by atoms with Gasteiger partial charge in [0, 0.05) is 18.8 Å². The number of anilines is 1. The fourth-order valence-electron chi connectivity index (χ4n) is 1.46. The first-order valence-corrected chi connectivity index (χ1v) is 6.56. The molecule has 4 N–H and O–H groups in total. The quantitative estimate of drug-likeness (QED) is 0.504. The Morgan fingerprint density at radius 3 is 2.60 bits per heavy atom. The molecule has 1 rings (SSSR count). The molecule has 0 aromatic heterocycles. The van der Waals surface area contributed by atoms with E-state index in [1.165, 1.54) is 0 Å². The van der Waals surface area contributed by atoms with Gasteiger partial charge in [0.25, 0.3) is 0 Å². The normalized spacial score (nSPS) is 11.3. The number of carbonyl (C=O) groups is 1. The van der Waals surface area contributed by atoms with Crippen LogP contribution in [0.1, 0.15) is 30.1 Å². The first kappa shape index (κ1) is 18.7. The fraction of sp³-hybridized carbons (Fsp3) is 0.500. The highest BCUT2D eigenvalue weighted by Gasteiger charge is 2.09. The van der Waals surface area contributed by atoms with Crippen LogP contribution in [0.3, 0.4) is 0 Å². The SMILES string of the molecule is CCCCNc1ccc(C(=O)OCC(O)CN)cc1.Cl. The molecule has 1 atom stereocenters. The van der Waals surface area contributed by atoms with Crippen molar-refractivity contribution in [2.24, 2.45) is 5.73 Å². The molecule has 114 valence electrons. The van der Waals surface area contributed by atoms with E-state index in [9.17, 15) is 9.90 Å². The van der Waals surface area contributed by atoms with E-state index in [0.29, 0.717) is 5.56 Å². The maximum absolute atomic E-state index is 11.6. The minimum atomic E-state index is -0.807. The highest BCUT2D eigenvalue weighted by Crippen LogP contribution is 2.10. The molecular weight excluding hydrogens is 280 g/mol. The van der Waals surface area contributed by atoms with Gasteiger partial charge in [0.1, 0.15) is 12.7 Å². The lowest BCUT2D eigenvalue weighted by Gasteiger charge is -2.09. The number of hydrogen-bond acceptors (Lipinski definition) is 5. The van der Waals surface area contributed by atoms with Gasteiger partial charge in [0.2, 0.25) is 0 Å². The summed E-state index contributed by atoms with van der Waals surface area (Å²) in [7, 11) is 0. The standard InChI is InChI=1S/C14H22N2O3.ClH/c1-2-3-8-16-12-6-4-11(5-7-12)14(18)19-10-13(17)9-15;/h4-7,13,16-17H,2-3,8-10,15H2,1H3;1H. The lowest BCUT2D eigenvalue weighted by Crippen LogP contribution is -2.26. The van der Waals surface area contributed by atoms with Gasteiger partial charge in [-0.1, -0.05) is 13.3 Å². The Balaban J connectivity index is 0.00000361. The minimum absolute atomic E-state index is 0. The molecule has 0 aliphatic rings. The molecular formula is C14H23ClN2O3. The first-order chi connectivity index (χ1) is 9.17. The summed E-state index contributed by atoms with van der Waals surface area (Å²) in [6.07, 6.45) is 1.45. The second kappa shape index (κ2) is 10.5. The van der Waals surface area contributed by atoms with Gasteiger partial charge in [-0.3, -0.25) is 0 Å². The molecule has 20 heavy (non-hydrogen) atoms. The number of unbranched alkanes of at least 4 members (excludes halogenated alkanes) is 1. The number of ether oxygens (including phenoxy) is 1. The Bertz CT molecular complexity index is 385. The van der Waals surface area contributed by atoms with E-state index >= 15 is 0 Å². The van der Waals surface area contributed by atoms with Crippen molar-refractivity contribution in [3.63, 3.8) is 0 Å². The molecule has 6 heteroatoms. The molecule has 0 saturated carbocycles. The number of aliphatic hydroxyl groups is 1. The highest BCUT2D eigenvalue weighted by molar-refractivity contribution is 5.89. The average Bonchev–Trinajstić information content (AvgIpc) is 2.45. The molecule has 1 aromatic carbocycles. The van der Waals surface area contributed by atoms with Crippen LogP contribution in [0.5, 0.6) is 0 Å². The Hall–Kier alpha value is -1.30. The van der Waals surface area contributed by atoms with Crippen molar-refractivity contribution < 1.29 is 14.6 Å². The third-order valence-corrected chi connectivity index (χ3v) is 2.66. The van der Waals surface area contributed by atoms with Crippen molar-refractivity contribution in [3.05, 3.63) is 29.8 Å². The first-order valence-electron chi connectivity index (χ1n) is 6.56. The summed E-state index contributed by atoms with van der Waals surface area (Å²) in [5.74, 6) is -0.451. The topological polar surface area (TPSA) is 84.6 Å². The van der Waals surface area contributed by atoms with Crippen molar-refractivity contribution in [2.45, 2.75) is 25.9 Å². The van der Waals surface area contributed by atoms with E-state index < -0.39 is 12.1 Å². The molecule has 0 aliphatic heterocycles. The summed E-state index contributed by atoms with van der Waals surface area (Å²) >= 11 is 0. The van der Waals surface area contributed by atoms with E-state index in [-0.39, 0.29) is 25.6 Å². The van der Waals surface area contributed by atoms with Crippen LogP contribution in [0.15, 0.2) is 24.3 Å². The van der Waals surface area contributed by atoms with Gasteiger partial charge in [0.05, 0.1) is 5.56 Å². The number of rotatable bonds is 8. The molecule has 0 saturated heterocycles. The highest BCUT2D eigenvalue weighted by atomic mass is 35.5. The van der Waals surface area contributed by atoms with Gasteiger partial charge in [-0.25, -0.2) is 4.79 Å². The van der Waals surface area contributed by atoms with Crippen LogP contribution in [-0.4, -0.2) is 36.9 Å². The smallest absolute Gasteiger partial charge is 0.338 e. The van der Waals surface area contributed by atoms with Crippen LogP contribution in [-0.2, 0) is 4.74 Å². The largest absolute Gasteiger partial charge is 0.459 e. The summed E-state index contributed by atoms with van der Waals surface area (Å²) in [5, 5.41) is 12.5. The third kappa shape index (κ3) is 6.75. The number of benzene rings is 1. The van der Waals surface area contributed by atoms with Crippen molar-refractivity contribution in [3.8, 4) is 0 Å². The molecule has 0 aliphatic carbocycles. The van der Waals surface area contributed by atoms with Gasteiger partial charge in [-0.2, -0.15) is 0 Å². The summed E-state index contributed by atoms with van der Waals surface area (Å²) in [6, 6.07) is 7.08. The number of halogens is 1. The molecule has 0 spiro atoms. The van der Waals surface area contributed by atoms with Gasteiger partial charge >= 0.3 is 5.97 Å². The number of nitrogens with two attached hydrogens (primary N) is 1. The van der Waals surface area contributed by atoms with Crippen LogP contribution in [0.4, 0.5) is 5.69 Å². The van der Waals surface area contributed by atoms with Crippen molar-refractivity contribution in [2.75, 3.05) is 25.0 Å². The number of carbonyl (C=O) groups excluding carboxylic acids is 1. The zero-order chi connectivity index (χ0) is 14.1. The maximum Gasteiger partial charge on any atom is 0.338 e. The van der Waals surface area contributed by atoms with Crippen LogP contribution in [0.2, 0.25) is 0 Å². The Labute approximate surface area is 125 Å². The molecule has 0 radical (unpaired) electrons. The van der Waals surface area contributed by atoms with Gasteiger partial charge in [-0.05, 0) is 30.7 Å². The summed E-state index contributed by atoms with van der Waals surface area (Å²) in [4.78, 5) is 11.6. The molecule has 5 nitrogen and oxygen atoms in total. The van der Waals surface area contributed by atoms with E-state index in [4.69, 9.17) is 10.5 Å². The zero-order valence-electron chi connectivity index (χ0n) is 11.7. The molecule has 1 aromatic rings. The summed E-state index contributed by atoms with van der Waals surface area (Å²) in [5.41, 5.74) is 6.67. The van der Waals surface area contributed by atoms with E-state index in [1.54, 1.807) is 12.1 Å². The number of hydrogen-bond donors (Lipinski definition) is 3.